The molecule has 31 heteroatoms. The number of carbonyl (C=O) groups excluding carboxylic acids is 12. The van der Waals surface area contributed by atoms with Gasteiger partial charge >= 0.3 is 5.97 Å². The molecule has 1 aliphatic heterocycles. The van der Waals surface area contributed by atoms with Crippen molar-refractivity contribution in [2.75, 3.05) is 33.4 Å². The van der Waals surface area contributed by atoms with Crippen LogP contribution in [0.5, 0.6) is 0 Å². The van der Waals surface area contributed by atoms with Gasteiger partial charge in [-0.15, -0.1) is 0 Å². The molecule has 1 aliphatic carbocycles. The quantitative estimate of drug-likeness (QED) is 0.0174. The van der Waals surface area contributed by atoms with Crippen molar-refractivity contribution < 1.29 is 90.0 Å². The van der Waals surface area contributed by atoms with Crippen LogP contribution in [-0.2, 0) is 68.7 Å². The minimum atomic E-state index is -2.88. The second-order valence-electron chi connectivity index (χ2n) is 25.0. The number of aliphatic hydroxyl groups is 2. The standard InChI is InChI=1S/C63H100F4N12O15/c1-10-35(4)49(58(91)77-61(32-81,33-82)30-70-51-39(8)94-59(92)43(22-18-13-14-19-23-46(64)65)75-60(93)63(28-41(63)27-47(66)67)79-52(85)38(7)72-57(51)90)71-31-62(34-83,37(6)12-3)78-55(88)42(24-25-48(68)84)73-54(87)45(29-80)74-56(89)50(36(5)11-2)76-53(86)44(69-9)26-40-20-16-15-17-21-40/h15-17,20-21,32,34-39,41-47,49-51,69-71,80,82H,10-14,18-19,22-31,33H2,1-9H3,(H2,68,84)(H,72,90)(H,73,87)(H,74,89)(H,75,93)(H,76,86)(H,77,91)(H,78,88)(H,79,85)/t35-,36-,37-,38-,39-,41?,42+,43-,44+,45-,49-,50-,51+,61-,62-,63?/m0/s1. The Morgan fingerprint density at radius 1 is 0.734 bits per heavy atom. The third-order valence-corrected chi connectivity index (χ3v) is 17.9. The molecule has 1 spiro atoms. The van der Waals surface area contributed by atoms with Gasteiger partial charge in [0, 0.05) is 32.4 Å². The van der Waals surface area contributed by atoms with Gasteiger partial charge in [-0.05, 0) is 82.2 Å². The Morgan fingerprint density at radius 3 is 1.93 bits per heavy atom. The second kappa shape index (κ2) is 39.0. The molecule has 94 heavy (non-hydrogen) atoms. The van der Waals surface area contributed by atoms with Crippen molar-refractivity contribution >= 4 is 71.7 Å². The molecule has 0 radical (unpaired) electrons. The number of benzene rings is 1. The minimum absolute atomic E-state index is 0.132. The zero-order chi connectivity index (χ0) is 70.7. The zero-order valence-corrected chi connectivity index (χ0v) is 55.2. The van der Waals surface area contributed by atoms with E-state index in [1.807, 2.05) is 30.3 Å². The minimum Gasteiger partial charge on any atom is -0.459 e. The molecule has 0 aromatic heterocycles. The molecule has 1 heterocycles. The summed E-state index contributed by atoms with van der Waals surface area (Å²) in [4.78, 5) is 165. The van der Waals surface area contributed by atoms with Crippen molar-refractivity contribution in [3.05, 3.63) is 35.9 Å². The molecule has 2 unspecified atom stereocenters. The predicted molar refractivity (Wildman–Crippen MR) is 336 cm³/mol. The van der Waals surface area contributed by atoms with Crippen molar-refractivity contribution in [2.24, 2.45) is 29.4 Å². The van der Waals surface area contributed by atoms with Gasteiger partial charge in [-0.3, -0.25) is 48.5 Å². The van der Waals surface area contributed by atoms with Gasteiger partial charge in [0.25, 0.3) is 0 Å². The number of hydrogen-bond acceptors (Lipinski definition) is 18. The SMILES string of the molecule is CC[C@H](C)[C@H](NC[C@@](C=O)(NC(=O)[C@@H](CCC(N)=O)NC(=O)[C@H](CO)NC(=O)[C@@H](NC(=O)[C@@H](Cc1ccccc1)NC)[C@@H](C)CC)[C@@H](C)CC)C(=O)N[C@@](C=O)(CO)CN[C@H]1C(=O)N[C@@H](C)C(=O)NC2(CC2CC(F)F)C(=O)N[C@@H](CCCCCCC(F)F)C(=O)O[C@H]1C. The third kappa shape index (κ3) is 23.9. The number of aldehydes is 2. The molecule has 0 bridgehead atoms. The summed E-state index contributed by atoms with van der Waals surface area (Å²) in [5.74, 6) is -12.3. The van der Waals surface area contributed by atoms with Gasteiger partial charge in [0.05, 0.1) is 25.3 Å². The fourth-order valence-electron chi connectivity index (χ4n) is 10.9. The highest BCUT2D eigenvalue weighted by molar-refractivity contribution is 6.00. The number of unbranched alkanes of at least 4 members (excludes halogenated alkanes) is 3. The number of ether oxygens (including phenoxy) is 1. The fourth-order valence-corrected chi connectivity index (χ4v) is 10.9. The number of esters is 1. The Bertz CT molecular complexity index is 2710. The lowest BCUT2D eigenvalue weighted by Crippen LogP contribution is -2.68. The summed E-state index contributed by atoms with van der Waals surface area (Å²) in [6, 6.07) is -2.20. The first-order chi connectivity index (χ1) is 44.4. The van der Waals surface area contributed by atoms with Crippen molar-refractivity contribution in [2.45, 2.75) is 229 Å². The summed E-state index contributed by atoms with van der Waals surface area (Å²) in [6.07, 6.45) is -6.59. The lowest BCUT2D eigenvalue weighted by Gasteiger charge is -2.39. The van der Waals surface area contributed by atoms with E-state index in [4.69, 9.17) is 10.5 Å². The summed E-state index contributed by atoms with van der Waals surface area (Å²) >= 11 is 0. The predicted octanol–water partition coefficient (Wildman–Crippen LogP) is -0.245. The van der Waals surface area contributed by atoms with E-state index in [1.54, 1.807) is 48.6 Å². The van der Waals surface area contributed by atoms with E-state index < -0.39 is 212 Å². The summed E-state index contributed by atoms with van der Waals surface area (Å²) in [5, 5.41) is 50.3. The molecule has 16 atom stereocenters. The van der Waals surface area contributed by atoms with E-state index in [0.717, 1.165) is 5.56 Å². The van der Waals surface area contributed by atoms with E-state index in [9.17, 15) is 85.3 Å². The number of alkyl halides is 4. The molecule has 1 saturated carbocycles. The molecular formula is C63H100F4N12O15. The monoisotopic (exact) mass is 1340 g/mol. The van der Waals surface area contributed by atoms with Crippen LogP contribution in [0.3, 0.4) is 0 Å². The van der Waals surface area contributed by atoms with Crippen molar-refractivity contribution in [3.63, 3.8) is 0 Å². The van der Waals surface area contributed by atoms with Crippen LogP contribution < -0.4 is 64.2 Å². The number of nitrogens with two attached hydrogens (primary N) is 1. The van der Waals surface area contributed by atoms with Crippen LogP contribution in [0, 0.1) is 23.7 Å². The fraction of sp³-hybridized carbons (Fsp3) is 0.714. The topological polar surface area (TPSA) is 413 Å². The largest absolute Gasteiger partial charge is 0.459 e. The van der Waals surface area contributed by atoms with Crippen LogP contribution in [0.4, 0.5) is 17.6 Å². The molecule has 1 saturated heterocycles. The molecular weight excluding hydrogens is 1240 g/mol. The molecule has 1 aromatic rings. The highest BCUT2D eigenvalue weighted by Crippen LogP contribution is 2.47. The Labute approximate surface area is 546 Å². The summed E-state index contributed by atoms with van der Waals surface area (Å²) in [6.45, 7) is 9.20. The lowest BCUT2D eigenvalue weighted by molar-refractivity contribution is -0.155. The van der Waals surface area contributed by atoms with Gasteiger partial charge in [-0.2, -0.15) is 0 Å². The van der Waals surface area contributed by atoms with Crippen LogP contribution in [0.25, 0.3) is 0 Å². The van der Waals surface area contributed by atoms with Crippen LogP contribution in [0.15, 0.2) is 30.3 Å². The Hall–Kier alpha value is -7.22. The van der Waals surface area contributed by atoms with Gasteiger partial charge in [0.15, 0.2) is 0 Å². The van der Waals surface area contributed by atoms with E-state index in [-0.39, 0.29) is 57.7 Å². The number of nitrogens with one attached hydrogen (secondary N) is 11. The normalized spacial score (nSPS) is 23.1. The first-order valence-electron chi connectivity index (χ1n) is 32.3. The van der Waals surface area contributed by atoms with Crippen LogP contribution in [0.1, 0.15) is 144 Å². The first-order valence-corrected chi connectivity index (χ1v) is 32.3. The number of primary amides is 1. The second-order valence-corrected chi connectivity index (χ2v) is 25.0. The van der Waals surface area contributed by atoms with Gasteiger partial charge in [-0.1, -0.05) is 110 Å². The van der Waals surface area contributed by atoms with Gasteiger partial charge < -0.3 is 83.4 Å². The zero-order valence-electron chi connectivity index (χ0n) is 55.2. The number of amides is 9. The number of cyclic esters (lactones) is 1. The maximum Gasteiger partial charge on any atom is 0.328 e. The molecule has 3 rings (SSSR count). The smallest absolute Gasteiger partial charge is 0.328 e. The average Bonchev–Trinajstić information content (AvgIpc) is 1.58. The van der Waals surface area contributed by atoms with Crippen molar-refractivity contribution in [1.82, 2.24) is 58.5 Å². The highest BCUT2D eigenvalue weighted by Gasteiger charge is 2.62. The van der Waals surface area contributed by atoms with Crippen LogP contribution >= 0.6 is 0 Å². The number of likely N-dealkylation sites (N-methyl/N-ethyl adjacent to an activating group) is 1. The van der Waals surface area contributed by atoms with Crippen molar-refractivity contribution in [1.29, 1.82) is 0 Å². The molecule has 530 valence electrons. The van der Waals surface area contributed by atoms with Gasteiger partial charge in [0.2, 0.25) is 66.0 Å². The van der Waals surface area contributed by atoms with Crippen molar-refractivity contribution in [3.8, 4) is 0 Å². The van der Waals surface area contributed by atoms with E-state index in [1.165, 1.54) is 13.8 Å². The Morgan fingerprint density at radius 2 is 1.36 bits per heavy atom. The number of hydrogen-bond donors (Lipinski definition) is 14. The number of aliphatic hydroxyl groups excluding tert-OH is 2. The van der Waals surface area contributed by atoms with E-state index >= 15 is 0 Å². The summed E-state index contributed by atoms with van der Waals surface area (Å²) in [5.41, 5.74) is 0.218. The highest BCUT2D eigenvalue weighted by atomic mass is 19.3. The molecule has 9 amide bonds. The third-order valence-electron chi connectivity index (χ3n) is 17.9. The first kappa shape index (κ1) is 81.0. The lowest BCUT2D eigenvalue weighted by atomic mass is 9.83. The summed E-state index contributed by atoms with van der Waals surface area (Å²) in [7, 11) is 1.58. The molecule has 2 aliphatic rings. The van der Waals surface area contributed by atoms with E-state index in [2.05, 4.69) is 58.5 Å². The number of halogens is 4. The molecule has 1 aromatic carbocycles. The number of carbonyl (C=O) groups is 12. The maximum absolute atomic E-state index is 14.6. The Balaban J connectivity index is 1.91. The molecule has 15 N–H and O–H groups in total. The summed E-state index contributed by atoms with van der Waals surface area (Å²) < 4.78 is 58.7. The maximum atomic E-state index is 14.6. The average molecular weight is 1340 g/mol. The van der Waals surface area contributed by atoms with Gasteiger partial charge in [-0.25, -0.2) is 22.4 Å². The van der Waals surface area contributed by atoms with Gasteiger partial charge in [0.1, 0.15) is 71.5 Å². The molecule has 2 fully saturated rings. The van der Waals surface area contributed by atoms with Crippen LogP contribution in [-0.4, -0.2) is 199 Å². The van der Waals surface area contributed by atoms with Crippen LogP contribution in [0.2, 0.25) is 0 Å². The Kier molecular flexibility index (Phi) is 33.6. The van der Waals surface area contributed by atoms with E-state index in [0.29, 0.717) is 25.5 Å². The molecule has 27 nitrogen and oxygen atoms in total. The number of rotatable bonds is 41.